The maximum atomic E-state index is 11.9. The number of carbonyl (C=O) groups excluding carboxylic acids is 1. The number of anilines is 1. The highest BCUT2D eigenvalue weighted by Gasteiger charge is 2.24. The fourth-order valence-corrected chi connectivity index (χ4v) is 2.45. The van der Waals surface area contributed by atoms with Crippen LogP contribution in [0.3, 0.4) is 0 Å². The van der Waals surface area contributed by atoms with Gasteiger partial charge in [-0.3, -0.25) is 0 Å². The SMILES string of the molecule is CN(C)CCOCCNC(=O)NC1CCN(c2ccccn2)C1. The monoisotopic (exact) mass is 321 g/mol. The lowest BCUT2D eigenvalue weighted by Crippen LogP contribution is -2.44. The van der Waals surface area contributed by atoms with Crippen LogP contribution in [0.2, 0.25) is 0 Å². The highest BCUT2D eigenvalue weighted by Crippen LogP contribution is 2.16. The first-order valence-corrected chi connectivity index (χ1v) is 8.08. The molecule has 1 unspecified atom stereocenters. The zero-order valence-electron chi connectivity index (χ0n) is 14.0. The van der Waals surface area contributed by atoms with E-state index in [4.69, 9.17) is 4.74 Å². The Kier molecular flexibility index (Phi) is 7.09. The third-order valence-electron chi connectivity index (χ3n) is 3.71. The van der Waals surface area contributed by atoms with Gasteiger partial charge in [0.2, 0.25) is 0 Å². The summed E-state index contributed by atoms with van der Waals surface area (Å²) in [6, 6.07) is 5.91. The molecule has 2 amide bonds. The largest absolute Gasteiger partial charge is 0.378 e. The minimum Gasteiger partial charge on any atom is -0.378 e. The summed E-state index contributed by atoms with van der Waals surface area (Å²) >= 11 is 0. The number of likely N-dealkylation sites (N-methyl/N-ethyl adjacent to an activating group) is 1. The lowest BCUT2D eigenvalue weighted by Gasteiger charge is -2.18. The van der Waals surface area contributed by atoms with Crippen LogP contribution in [0.15, 0.2) is 24.4 Å². The van der Waals surface area contributed by atoms with E-state index in [0.29, 0.717) is 19.8 Å². The second-order valence-electron chi connectivity index (χ2n) is 5.94. The molecule has 1 fully saturated rings. The molecule has 1 aromatic rings. The van der Waals surface area contributed by atoms with E-state index in [-0.39, 0.29) is 12.1 Å². The molecule has 0 spiro atoms. The van der Waals surface area contributed by atoms with Gasteiger partial charge in [-0.05, 0) is 32.6 Å². The molecule has 2 rings (SSSR count). The second kappa shape index (κ2) is 9.32. The van der Waals surface area contributed by atoms with Crippen molar-refractivity contribution in [2.75, 3.05) is 58.4 Å². The third kappa shape index (κ3) is 6.42. The van der Waals surface area contributed by atoms with Crippen molar-refractivity contribution in [1.82, 2.24) is 20.5 Å². The van der Waals surface area contributed by atoms with E-state index in [1.807, 2.05) is 32.3 Å². The standard InChI is InChI=1S/C16H27N5O2/c1-20(2)10-12-23-11-8-18-16(22)19-14-6-9-21(13-14)15-5-3-4-7-17-15/h3-5,7,14H,6,8-13H2,1-2H3,(H2,18,19,22). The number of amides is 2. The molecule has 1 saturated heterocycles. The van der Waals surface area contributed by atoms with E-state index < -0.39 is 0 Å². The molecule has 0 aliphatic carbocycles. The van der Waals surface area contributed by atoms with Gasteiger partial charge in [-0.15, -0.1) is 0 Å². The normalized spacial score (nSPS) is 17.5. The van der Waals surface area contributed by atoms with E-state index >= 15 is 0 Å². The number of aromatic nitrogens is 1. The molecule has 0 saturated carbocycles. The zero-order valence-corrected chi connectivity index (χ0v) is 14.0. The number of hydrogen-bond donors (Lipinski definition) is 2. The van der Waals surface area contributed by atoms with Crippen LogP contribution in [0, 0.1) is 0 Å². The number of ether oxygens (including phenoxy) is 1. The quantitative estimate of drug-likeness (QED) is 0.684. The van der Waals surface area contributed by atoms with E-state index in [1.54, 1.807) is 6.20 Å². The Morgan fingerprint density at radius 1 is 1.43 bits per heavy atom. The van der Waals surface area contributed by atoms with E-state index in [0.717, 1.165) is 31.9 Å². The van der Waals surface area contributed by atoms with Crippen molar-refractivity contribution in [3.05, 3.63) is 24.4 Å². The molecule has 1 aromatic heterocycles. The zero-order chi connectivity index (χ0) is 16.5. The molecule has 23 heavy (non-hydrogen) atoms. The van der Waals surface area contributed by atoms with Gasteiger partial charge in [-0.2, -0.15) is 0 Å². The number of rotatable bonds is 8. The van der Waals surface area contributed by atoms with Crippen molar-refractivity contribution >= 4 is 11.8 Å². The van der Waals surface area contributed by atoms with E-state index in [1.165, 1.54) is 0 Å². The number of carbonyl (C=O) groups is 1. The maximum absolute atomic E-state index is 11.9. The summed E-state index contributed by atoms with van der Waals surface area (Å²) in [4.78, 5) is 20.5. The molecule has 7 nitrogen and oxygen atoms in total. The predicted octanol–water partition coefficient (Wildman–Crippen LogP) is 0.538. The molecule has 1 atom stereocenters. The molecule has 7 heteroatoms. The Morgan fingerprint density at radius 3 is 3.04 bits per heavy atom. The number of urea groups is 1. The van der Waals surface area contributed by atoms with E-state index in [9.17, 15) is 4.79 Å². The van der Waals surface area contributed by atoms with Crippen LogP contribution in [-0.4, -0.2) is 75.4 Å². The van der Waals surface area contributed by atoms with Crippen LogP contribution in [0.1, 0.15) is 6.42 Å². The lowest BCUT2D eigenvalue weighted by molar-refractivity contribution is 0.120. The van der Waals surface area contributed by atoms with Crippen LogP contribution >= 0.6 is 0 Å². The molecule has 128 valence electrons. The van der Waals surface area contributed by atoms with Crippen LogP contribution in [0.25, 0.3) is 0 Å². The van der Waals surface area contributed by atoms with Crippen LogP contribution in [0.4, 0.5) is 10.6 Å². The predicted molar refractivity (Wildman–Crippen MR) is 90.8 cm³/mol. The highest BCUT2D eigenvalue weighted by atomic mass is 16.5. The maximum Gasteiger partial charge on any atom is 0.315 e. The first-order chi connectivity index (χ1) is 11.1. The molecular formula is C16H27N5O2. The summed E-state index contributed by atoms with van der Waals surface area (Å²) in [5.41, 5.74) is 0. The van der Waals surface area contributed by atoms with Crippen LogP contribution in [-0.2, 0) is 4.74 Å². The molecule has 0 aromatic carbocycles. The van der Waals surface area contributed by atoms with Crippen molar-refractivity contribution in [2.45, 2.75) is 12.5 Å². The van der Waals surface area contributed by atoms with Gasteiger partial charge in [0.05, 0.1) is 13.2 Å². The molecule has 0 bridgehead atoms. The van der Waals surface area contributed by atoms with Crippen molar-refractivity contribution in [3.8, 4) is 0 Å². The number of nitrogens with zero attached hydrogens (tertiary/aromatic N) is 3. The Hall–Kier alpha value is -1.86. The fraction of sp³-hybridized carbons (Fsp3) is 0.625. The first-order valence-electron chi connectivity index (χ1n) is 8.08. The number of hydrogen-bond acceptors (Lipinski definition) is 5. The van der Waals surface area contributed by atoms with Crippen LogP contribution < -0.4 is 15.5 Å². The van der Waals surface area contributed by atoms with Crippen LogP contribution in [0.5, 0.6) is 0 Å². The van der Waals surface area contributed by atoms with Gasteiger partial charge in [0.1, 0.15) is 5.82 Å². The lowest BCUT2D eigenvalue weighted by atomic mass is 10.3. The summed E-state index contributed by atoms with van der Waals surface area (Å²) in [6.07, 6.45) is 2.72. The van der Waals surface area contributed by atoms with Crippen molar-refractivity contribution in [1.29, 1.82) is 0 Å². The Balaban J connectivity index is 1.58. The fourth-order valence-electron chi connectivity index (χ4n) is 2.45. The minimum absolute atomic E-state index is 0.130. The Labute approximate surface area is 138 Å². The van der Waals surface area contributed by atoms with Gasteiger partial charge in [0.25, 0.3) is 0 Å². The number of pyridine rings is 1. The molecule has 1 aliphatic rings. The molecule has 2 heterocycles. The molecular weight excluding hydrogens is 294 g/mol. The summed E-state index contributed by atoms with van der Waals surface area (Å²) in [6.45, 7) is 4.33. The summed E-state index contributed by atoms with van der Waals surface area (Å²) in [7, 11) is 4.01. The van der Waals surface area contributed by atoms with E-state index in [2.05, 4.69) is 25.4 Å². The highest BCUT2D eigenvalue weighted by molar-refractivity contribution is 5.74. The smallest absolute Gasteiger partial charge is 0.315 e. The second-order valence-corrected chi connectivity index (χ2v) is 5.94. The minimum atomic E-state index is -0.130. The topological polar surface area (TPSA) is 69.7 Å². The van der Waals surface area contributed by atoms with Crippen molar-refractivity contribution < 1.29 is 9.53 Å². The third-order valence-corrected chi connectivity index (χ3v) is 3.71. The van der Waals surface area contributed by atoms with Gasteiger partial charge < -0.3 is 25.2 Å². The summed E-state index contributed by atoms with van der Waals surface area (Å²) in [5.74, 6) is 0.964. The Bertz CT molecular complexity index is 469. The van der Waals surface area contributed by atoms with Gasteiger partial charge >= 0.3 is 6.03 Å². The van der Waals surface area contributed by atoms with Gasteiger partial charge in [0, 0.05) is 38.4 Å². The molecule has 0 radical (unpaired) electrons. The summed E-state index contributed by atoms with van der Waals surface area (Å²) < 4.78 is 5.44. The summed E-state index contributed by atoms with van der Waals surface area (Å²) in [5, 5.41) is 5.83. The molecule has 2 N–H and O–H groups in total. The Morgan fingerprint density at radius 2 is 2.30 bits per heavy atom. The average molecular weight is 321 g/mol. The van der Waals surface area contributed by atoms with Crippen molar-refractivity contribution in [2.24, 2.45) is 0 Å². The van der Waals surface area contributed by atoms with Gasteiger partial charge in [0.15, 0.2) is 0 Å². The first kappa shape index (κ1) is 17.5. The number of nitrogens with one attached hydrogen (secondary N) is 2. The average Bonchev–Trinajstić information content (AvgIpc) is 3.00. The molecule has 1 aliphatic heterocycles. The van der Waals surface area contributed by atoms with Gasteiger partial charge in [-0.1, -0.05) is 6.07 Å². The van der Waals surface area contributed by atoms with Gasteiger partial charge in [-0.25, -0.2) is 9.78 Å². The van der Waals surface area contributed by atoms with Crippen molar-refractivity contribution in [3.63, 3.8) is 0 Å².